The number of thioether (sulfide) groups is 1. The van der Waals surface area contributed by atoms with E-state index in [2.05, 4.69) is 48.3 Å². The van der Waals surface area contributed by atoms with Crippen molar-refractivity contribution < 1.29 is 14.3 Å². The second-order valence-corrected chi connectivity index (χ2v) is 11.8. The molecule has 0 radical (unpaired) electrons. The molecule has 3 rings (SSSR count). The van der Waals surface area contributed by atoms with Gasteiger partial charge in [-0.2, -0.15) is 11.8 Å². The van der Waals surface area contributed by atoms with Crippen LogP contribution in [-0.4, -0.2) is 61.1 Å². The number of aryl methyl sites for hydroxylation is 2. The zero-order valence-electron chi connectivity index (χ0n) is 24.5. The lowest BCUT2D eigenvalue weighted by molar-refractivity contribution is -0.142. The van der Waals surface area contributed by atoms with Crippen molar-refractivity contribution in [3.63, 3.8) is 0 Å². The van der Waals surface area contributed by atoms with Crippen LogP contribution in [0.2, 0.25) is 0 Å². The summed E-state index contributed by atoms with van der Waals surface area (Å²) in [7, 11) is 1.37. The molecule has 1 aliphatic carbocycles. The summed E-state index contributed by atoms with van der Waals surface area (Å²) < 4.78 is 4.96. The van der Waals surface area contributed by atoms with Crippen LogP contribution in [0, 0.1) is 6.92 Å². The first-order chi connectivity index (χ1) is 19.0. The molecule has 1 saturated carbocycles. The van der Waals surface area contributed by atoms with Gasteiger partial charge in [-0.25, -0.2) is 4.79 Å². The van der Waals surface area contributed by atoms with Crippen molar-refractivity contribution in [1.29, 1.82) is 0 Å². The number of hydrogen-bond donors (Lipinski definition) is 1. The van der Waals surface area contributed by atoms with Crippen molar-refractivity contribution in [1.82, 2.24) is 10.2 Å². The second-order valence-electron chi connectivity index (χ2n) is 10.8. The van der Waals surface area contributed by atoms with Gasteiger partial charge in [-0.15, -0.1) is 0 Å². The highest BCUT2D eigenvalue weighted by atomic mass is 32.2. The van der Waals surface area contributed by atoms with Gasteiger partial charge in [0.05, 0.1) is 7.11 Å². The molecular formula is C33H48N2O3S. The van der Waals surface area contributed by atoms with Gasteiger partial charge in [-0.1, -0.05) is 69.0 Å². The fraction of sp³-hybridized carbons (Fsp3) is 0.576. The number of hydrogen-bond acceptors (Lipinski definition) is 5. The Morgan fingerprint density at radius 1 is 1.05 bits per heavy atom. The van der Waals surface area contributed by atoms with Crippen LogP contribution in [0.15, 0.2) is 42.5 Å². The fourth-order valence-corrected chi connectivity index (χ4v) is 6.15. The van der Waals surface area contributed by atoms with Crippen LogP contribution in [0.4, 0.5) is 0 Å². The number of methoxy groups -OCH3 is 1. The number of benzene rings is 2. The van der Waals surface area contributed by atoms with Gasteiger partial charge in [0, 0.05) is 11.6 Å². The van der Waals surface area contributed by atoms with E-state index in [1.54, 1.807) is 11.8 Å². The molecule has 0 spiro atoms. The summed E-state index contributed by atoms with van der Waals surface area (Å²) in [6, 6.07) is 14.5. The van der Waals surface area contributed by atoms with E-state index in [1.807, 2.05) is 24.5 Å². The SMILES string of the molecule is CCCCN(CCCc1ccc(C(=O)NC(CCSC)C(=O)OC)c(-c2ccccc2C)c1)C1CCCCC1. The molecule has 1 fully saturated rings. The molecule has 0 bridgehead atoms. The average molecular weight is 553 g/mol. The van der Waals surface area contributed by atoms with Crippen molar-refractivity contribution in [3.05, 3.63) is 59.2 Å². The summed E-state index contributed by atoms with van der Waals surface area (Å²) in [6.07, 6.45) is 13.9. The molecule has 1 amide bonds. The fourth-order valence-electron chi connectivity index (χ4n) is 5.68. The Morgan fingerprint density at radius 2 is 1.79 bits per heavy atom. The Kier molecular flexibility index (Phi) is 13.4. The van der Waals surface area contributed by atoms with Crippen molar-refractivity contribution >= 4 is 23.6 Å². The minimum absolute atomic E-state index is 0.237. The van der Waals surface area contributed by atoms with Crippen LogP contribution in [0.5, 0.6) is 0 Å². The highest BCUT2D eigenvalue weighted by Crippen LogP contribution is 2.29. The van der Waals surface area contributed by atoms with Gasteiger partial charge in [-0.3, -0.25) is 4.79 Å². The van der Waals surface area contributed by atoms with E-state index in [4.69, 9.17) is 4.74 Å². The van der Waals surface area contributed by atoms with Crippen molar-refractivity contribution in [2.45, 2.75) is 90.1 Å². The van der Waals surface area contributed by atoms with E-state index >= 15 is 0 Å². The topological polar surface area (TPSA) is 58.6 Å². The number of amides is 1. The molecule has 5 nitrogen and oxygen atoms in total. The van der Waals surface area contributed by atoms with E-state index in [-0.39, 0.29) is 5.91 Å². The minimum Gasteiger partial charge on any atom is -0.467 e. The summed E-state index contributed by atoms with van der Waals surface area (Å²) >= 11 is 1.64. The summed E-state index contributed by atoms with van der Waals surface area (Å²) in [5.41, 5.74) is 4.94. The Balaban J connectivity index is 1.79. The van der Waals surface area contributed by atoms with Gasteiger partial charge >= 0.3 is 5.97 Å². The number of nitrogens with zero attached hydrogens (tertiary/aromatic N) is 1. The van der Waals surface area contributed by atoms with Crippen molar-refractivity contribution in [3.8, 4) is 11.1 Å². The largest absolute Gasteiger partial charge is 0.467 e. The molecule has 0 saturated heterocycles. The molecule has 2 aromatic rings. The predicted molar refractivity (Wildman–Crippen MR) is 165 cm³/mol. The Labute approximate surface area is 240 Å². The molecule has 1 unspecified atom stereocenters. The lowest BCUT2D eigenvalue weighted by Crippen LogP contribution is -2.42. The third-order valence-electron chi connectivity index (χ3n) is 7.97. The van der Waals surface area contributed by atoms with E-state index < -0.39 is 12.0 Å². The number of carbonyl (C=O) groups is 2. The van der Waals surface area contributed by atoms with E-state index in [9.17, 15) is 9.59 Å². The monoisotopic (exact) mass is 552 g/mol. The lowest BCUT2D eigenvalue weighted by atomic mass is 9.92. The maximum atomic E-state index is 13.5. The lowest BCUT2D eigenvalue weighted by Gasteiger charge is -2.34. The molecule has 0 aromatic heterocycles. The Hall–Kier alpha value is -2.31. The minimum atomic E-state index is -0.659. The van der Waals surface area contributed by atoms with Gasteiger partial charge in [0.2, 0.25) is 0 Å². The molecule has 1 atom stereocenters. The highest BCUT2D eigenvalue weighted by molar-refractivity contribution is 7.98. The van der Waals surface area contributed by atoms with Crippen LogP contribution in [0.25, 0.3) is 11.1 Å². The van der Waals surface area contributed by atoms with E-state index in [0.29, 0.717) is 12.0 Å². The number of unbranched alkanes of at least 4 members (excludes halogenated alkanes) is 1. The van der Waals surface area contributed by atoms with Crippen molar-refractivity contribution in [2.75, 3.05) is 32.2 Å². The van der Waals surface area contributed by atoms with Crippen LogP contribution >= 0.6 is 11.8 Å². The van der Waals surface area contributed by atoms with E-state index in [1.165, 1.54) is 64.2 Å². The zero-order valence-corrected chi connectivity index (χ0v) is 25.3. The number of nitrogens with one attached hydrogen (secondary N) is 1. The molecule has 1 N–H and O–H groups in total. The molecule has 2 aromatic carbocycles. The molecule has 6 heteroatoms. The van der Waals surface area contributed by atoms with Gasteiger partial charge in [-0.05, 0) is 98.9 Å². The van der Waals surface area contributed by atoms with Gasteiger partial charge < -0.3 is 15.0 Å². The predicted octanol–water partition coefficient (Wildman–Crippen LogP) is 7.05. The summed E-state index contributed by atoms with van der Waals surface area (Å²) in [5, 5.41) is 2.95. The normalized spacial score (nSPS) is 14.8. The zero-order chi connectivity index (χ0) is 28.0. The molecular weight excluding hydrogens is 504 g/mol. The third-order valence-corrected chi connectivity index (χ3v) is 8.61. The standard InChI is InChI=1S/C33H48N2O3S/c1-5-6-21-35(27-15-8-7-9-16-27)22-12-14-26-18-19-29(30(24-26)28-17-11-10-13-25(28)2)32(36)34-31(20-23-39-4)33(37)38-3/h10-11,13,17-19,24,27,31H,5-9,12,14-16,20-23H2,1-4H3,(H,34,36). The number of ether oxygens (including phenoxy) is 1. The van der Waals surface area contributed by atoms with Gasteiger partial charge in [0.15, 0.2) is 0 Å². The molecule has 1 aliphatic rings. The molecule has 0 heterocycles. The van der Waals surface area contributed by atoms with Crippen LogP contribution in [0.3, 0.4) is 0 Å². The summed E-state index contributed by atoms with van der Waals surface area (Å²) in [6.45, 7) is 6.69. The summed E-state index contributed by atoms with van der Waals surface area (Å²) in [5.74, 6) is 0.121. The number of rotatable bonds is 15. The molecule has 39 heavy (non-hydrogen) atoms. The third kappa shape index (κ3) is 9.39. The second kappa shape index (κ2) is 16.7. The maximum Gasteiger partial charge on any atom is 0.328 e. The quantitative estimate of drug-likeness (QED) is 0.240. The summed E-state index contributed by atoms with van der Waals surface area (Å²) in [4.78, 5) is 28.6. The smallest absolute Gasteiger partial charge is 0.328 e. The highest BCUT2D eigenvalue weighted by Gasteiger charge is 2.24. The molecule has 214 valence electrons. The van der Waals surface area contributed by atoms with Gasteiger partial charge in [0.1, 0.15) is 6.04 Å². The molecule has 0 aliphatic heterocycles. The first-order valence-corrected chi connectivity index (χ1v) is 16.2. The maximum absolute atomic E-state index is 13.5. The Morgan fingerprint density at radius 3 is 2.49 bits per heavy atom. The first-order valence-electron chi connectivity index (χ1n) is 14.8. The van der Waals surface area contributed by atoms with Gasteiger partial charge in [0.25, 0.3) is 5.91 Å². The Bertz CT molecular complexity index is 1050. The first kappa shape index (κ1) is 31.2. The number of esters is 1. The van der Waals surface area contributed by atoms with Crippen LogP contribution in [-0.2, 0) is 16.0 Å². The van der Waals surface area contributed by atoms with Crippen LogP contribution < -0.4 is 5.32 Å². The number of carbonyl (C=O) groups excluding carboxylic acids is 2. The van der Waals surface area contributed by atoms with E-state index in [0.717, 1.165) is 47.9 Å². The van der Waals surface area contributed by atoms with Crippen LogP contribution in [0.1, 0.15) is 86.2 Å². The average Bonchev–Trinajstić information content (AvgIpc) is 2.97. The van der Waals surface area contributed by atoms with Crippen molar-refractivity contribution in [2.24, 2.45) is 0 Å².